The van der Waals surface area contributed by atoms with Gasteiger partial charge in [0.25, 0.3) is 5.91 Å². The van der Waals surface area contributed by atoms with E-state index in [2.05, 4.69) is 21.2 Å². The minimum absolute atomic E-state index is 0.310. The van der Waals surface area contributed by atoms with Gasteiger partial charge in [-0.25, -0.2) is 4.39 Å². The Hall–Kier alpha value is -2.03. The fraction of sp³-hybridized carbons (Fsp3) is 0.105. The van der Waals surface area contributed by atoms with Gasteiger partial charge >= 0.3 is 0 Å². The van der Waals surface area contributed by atoms with E-state index in [4.69, 9.17) is 12.2 Å². The summed E-state index contributed by atoms with van der Waals surface area (Å²) in [5.41, 5.74) is 1.31. The van der Waals surface area contributed by atoms with Crippen LogP contribution in [0.5, 0.6) is 0 Å². The number of benzene rings is 2. The van der Waals surface area contributed by atoms with Crippen LogP contribution in [0.2, 0.25) is 0 Å². The van der Waals surface area contributed by atoms with Crippen molar-refractivity contribution in [1.82, 2.24) is 4.90 Å². The average molecular weight is 465 g/mol. The number of thioether (sulfide) groups is 1. The number of rotatable bonds is 4. The Morgan fingerprint density at radius 1 is 1.22 bits per heavy atom. The van der Waals surface area contributed by atoms with Gasteiger partial charge in [-0.1, -0.05) is 52.0 Å². The zero-order valence-corrected chi connectivity index (χ0v) is 17.3. The molecule has 1 saturated heterocycles. The summed E-state index contributed by atoms with van der Waals surface area (Å²) in [6.07, 6.45) is 1.75. The van der Waals surface area contributed by atoms with Crippen molar-refractivity contribution in [2.45, 2.75) is 13.0 Å². The monoisotopic (exact) mass is 464 g/mol. The summed E-state index contributed by atoms with van der Waals surface area (Å²) in [6, 6.07) is 12.1. The molecule has 1 fully saturated rings. The predicted octanol–water partition coefficient (Wildman–Crippen LogP) is 4.82. The van der Waals surface area contributed by atoms with E-state index in [0.29, 0.717) is 14.9 Å². The van der Waals surface area contributed by atoms with Crippen LogP contribution in [0.15, 0.2) is 57.9 Å². The predicted molar refractivity (Wildman–Crippen MR) is 114 cm³/mol. The topological polar surface area (TPSA) is 49.4 Å². The number of thiocarbonyl (C=S) groups is 1. The van der Waals surface area contributed by atoms with Crippen LogP contribution >= 0.6 is 39.9 Å². The van der Waals surface area contributed by atoms with Gasteiger partial charge < -0.3 is 5.32 Å². The van der Waals surface area contributed by atoms with E-state index in [1.54, 1.807) is 13.0 Å². The number of anilines is 1. The van der Waals surface area contributed by atoms with Gasteiger partial charge in [-0.05, 0) is 55.0 Å². The molecule has 4 nitrogen and oxygen atoms in total. The maximum absolute atomic E-state index is 13.0. The summed E-state index contributed by atoms with van der Waals surface area (Å²) in [5, 5.41) is 2.66. The summed E-state index contributed by atoms with van der Waals surface area (Å²) in [6.45, 7) is 1.60. The molecule has 1 aliphatic heterocycles. The van der Waals surface area contributed by atoms with Gasteiger partial charge in [0.05, 0.1) is 4.91 Å². The second-order valence-corrected chi connectivity index (χ2v) is 8.37. The van der Waals surface area contributed by atoms with Gasteiger partial charge in [0.1, 0.15) is 16.2 Å². The van der Waals surface area contributed by atoms with E-state index in [0.717, 1.165) is 21.8 Å². The molecule has 2 amide bonds. The lowest BCUT2D eigenvalue weighted by Gasteiger charge is -2.22. The minimum Gasteiger partial charge on any atom is -0.324 e. The third kappa shape index (κ3) is 4.63. The first-order valence-electron chi connectivity index (χ1n) is 7.94. The first kappa shape index (κ1) is 19.7. The molecule has 0 radical (unpaired) electrons. The molecule has 0 bridgehead atoms. The highest BCUT2D eigenvalue weighted by Gasteiger charge is 2.38. The van der Waals surface area contributed by atoms with Gasteiger partial charge in [-0.15, -0.1) is 0 Å². The second kappa shape index (κ2) is 8.33. The smallest absolute Gasteiger partial charge is 0.266 e. The van der Waals surface area contributed by atoms with Crippen molar-refractivity contribution in [3.8, 4) is 0 Å². The van der Waals surface area contributed by atoms with Crippen LogP contribution in [0.25, 0.3) is 6.08 Å². The summed E-state index contributed by atoms with van der Waals surface area (Å²) < 4.78 is 14.2. The molecule has 1 atom stereocenters. The van der Waals surface area contributed by atoms with Gasteiger partial charge in [-0.3, -0.25) is 14.5 Å². The van der Waals surface area contributed by atoms with E-state index >= 15 is 0 Å². The third-order valence-corrected chi connectivity index (χ3v) is 5.73. The first-order valence-corrected chi connectivity index (χ1v) is 9.96. The zero-order valence-electron chi connectivity index (χ0n) is 14.1. The second-order valence-electron chi connectivity index (χ2n) is 5.78. The maximum Gasteiger partial charge on any atom is 0.266 e. The molecule has 8 heteroatoms. The highest BCUT2D eigenvalue weighted by Crippen LogP contribution is 2.34. The van der Waals surface area contributed by atoms with Crippen molar-refractivity contribution in [3.63, 3.8) is 0 Å². The molecule has 2 aromatic carbocycles. The van der Waals surface area contributed by atoms with E-state index in [9.17, 15) is 14.0 Å². The number of nitrogens with one attached hydrogen (secondary N) is 1. The Balaban J connectivity index is 1.74. The molecule has 2 aromatic rings. The largest absolute Gasteiger partial charge is 0.324 e. The first-order chi connectivity index (χ1) is 12.8. The lowest BCUT2D eigenvalue weighted by atomic mass is 10.2. The van der Waals surface area contributed by atoms with Crippen LogP contribution in [-0.4, -0.2) is 27.1 Å². The molecular weight excluding hydrogens is 451 g/mol. The maximum atomic E-state index is 13.0. The van der Waals surface area contributed by atoms with Crippen LogP contribution in [-0.2, 0) is 9.59 Å². The van der Waals surface area contributed by atoms with Gasteiger partial charge in [0.2, 0.25) is 5.91 Å². The molecule has 0 saturated carbocycles. The zero-order chi connectivity index (χ0) is 19.6. The normalized spacial score (nSPS) is 16.7. The molecule has 0 aromatic heterocycles. The fourth-order valence-electron chi connectivity index (χ4n) is 2.42. The van der Waals surface area contributed by atoms with E-state index < -0.39 is 17.8 Å². The Labute approximate surface area is 173 Å². The Morgan fingerprint density at radius 2 is 1.85 bits per heavy atom. The van der Waals surface area contributed by atoms with Gasteiger partial charge in [0, 0.05) is 10.2 Å². The van der Waals surface area contributed by atoms with Crippen molar-refractivity contribution in [2.75, 3.05) is 5.32 Å². The number of carbonyl (C=O) groups is 2. The number of hydrogen-bond acceptors (Lipinski definition) is 4. The van der Waals surface area contributed by atoms with E-state index in [1.165, 1.54) is 29.2 Å². The highest BCUT2D eigenvalue weighted by molar-refractivity contribution is 9.10. The Morgan fingerprint density at radius 3 is 2.48 bits per heavy atom. The number of nitrogens with zero attached hydrogens (tertiary/aromatic N) is 1. The van der Waals surface area contributed by atoms with Crippen molar-refractivity contribution in [1.29, 1.82) is 0 Å². The standard InChI is InChI=1S/C19H14BrFN2O2S2/c1-11(17(24)22-15-8-6-14(21)7-9-15)23-18(25)16(27-19(23)26)10-12-2-4-13(20)5-3-12/h2-11H,1H3,(H,22,24)/b16-10-. The van der Waals surface area contributed by atoms with Gasteiger partial charge in [-0.2, -0.15) is 0 Å². The van der Waals surface area contributed by atoms with E-state index in [1.807, 2.05) is 24.3 Å². The van der Waals surface area contributed by atoms with Crippen molar-refractivity contribution >= 4 is 67.8 Å². The van der Waals surface area contributed by atoms with Crippen molar-refractivity contribution in [3.05, 3.63) is 69.3 Å². The Kier molecular flexibility index (Phi) is 6.08. The SMILES string of the molecule is CC(C(=O)Nc1ccc(F)cc1)N1C(=O)/C(=C/c2ccc(Br)cc2)SC1=S. The van der Waals surface area contributed by atoms with Crippen LogP contribution in [0.1, 0.15) is 12.5 Å². The van der Waals surface area contributed by atoms with Crippen molar-refractivity contribution in [2.24, 2.45) is 0 Å². The minimum atomic E-state index is -0.793. The number of halogens is 2. The quantitative estimate of drug-likeness (QED) is 0.520. The van der Waals surface area contributed by atoms with Crippen molar-refractivity contribution < 1.29 is 14.0 Å². The molecule has 0 aliphatic carbocycles. The lowest BCUT2D eigenvalue weighted by molar-refractivity contribution is -0.129. The average Bonchev–Trinajstić information content (AvgIpc) is 2.91. The van der Waals surface area contributed by atoms with Crippen LogP contribution in [0, 0.1) is 5.82 Å². The molecule has 27 heavy (non-hydrogen) atoms. The molecular formula is C19H14BrFN2O2S2. The molecule has 1 N–H and O–H groups in total. The summed E-state index contributed by atoms with van der Waals surface area (Å²) >= 11 is 9.83. The molecule has 0 spiro atoms. The third-order valence-electron chi connectivity index (χ3n) is 3.87. The summed E-state index contributed by atoms with van der Waals surface area (Å²) in [5.74, 6) is -1.10. The van der Waals surface area contributed by atoms with Crippen LogP contribution in [0.4, 0.5) is 10.1 Å². The van der Waals surface area contributed by atoms with Crippen LogP contribution in [0.3, 0.4) is 0 Å². The lowest BCUT2D eigenvalue weighted by Crippen LogP contribution is -2.44. The summed E-state index contributed by atoms with van der Waals surface area (Å²) in [7, 11) is 0. The molecule has 3 rings (SSSR count). The molecule has 1 heterocycles. The number of amides is 2. The number of hydrogen-bond donors (Lipinski definition) is 1. The summed E-state index contributed by atoms with van der Waals surface area (Å²) in [4.78, 5) is 27.0. The molecule has 1 unspecified atom stereocenters. The van der Waals surface area contributed by atoms with E-state index in [-0.39, 0.29) is 5.91 Å². The number of carbonyl (C=O) groups excluding carboxylic acids is 2. The fourth-order valence-corrected chi connectivity index (χ4v) is 4.10. The van der Waals surface area contributed by atoms with Crippen LogP contribution < -0.4 is 5.32 Å². The molecule has 138 valence electrons. The Bertz CT molecular complexity index is 930. The highest BCUT2D eigenvalue weighted by atomic mass is 79.9. The van der Waals surface area contributed by atoms with Gasteiger partial charge in [0.15, 0.2) is 0 Å². The molecule has 1 aliphatic rings.